The van der Waals surface area contributed by atoms with Crippen LogP contribution in [0.15, 0.2) is 76.8 Å². The quantitative estimate of drug-likeness (QED) is 0.136. The highest BCUT2D eigenvalue weighted by Gasteiger charge is 2.13. The summed E-state index contributed by atoms with van der Waals surface area (Å²) in [7, 11) is 1.53. The second-order valence-corrected chi connectivity index (χ2v) is 8.56. The number of nitro groups is 1. The number of aryl methyl sites for hydroxylation is 1. The number of anilines is 1. The topological polar surface area (TPSA) is 115 Å². The molecule has 186 valence electrons. The lowest BCUT2D eigenvalue weighted by atomic mass is 10.1. The number of halogens is 1. The molecule has 0 heterocycles. The van der Waals surface area contributed by atoms with Gasteiger partial charge in [0, 0.05) is 27.9 Å². The summed E-state index contributed by atoms with van der Waals surface area (Å²) in [5, 5.41) is 17.6. The SMILES string of the molecule is C=CCc1cc(/C=N/NC(=O)Nc2ccc(Br)c(C)c2)cc(OC)c1OCc1ccc([N+](=O)[O-])cc1. The maximum Gasteiger partial charge on any atom is 0.339 e. The number of nitro benzene ring substituents is 1. The number of benzene rings is 3. The molecule has 0 bridgehead atoms. The summed E-state index contributed by atoms with van der Waals surface area (Å²) in [4.78, 5) is 22.6. The van der Waals surface area contributed by atoms with Gasteiger partial charge in [-0.2, -0.15) is 5.10 Å². The van der Waals surface area contributed by atoms with Gasteiger partial charge in [-0.15, -0.1) is 6.58 Å². The summed E-state index contributed by atoms with van der Waals surface area (Å²) in [6.07, 6.45) is 3.74. The predicted molar refractivity (Wildman–Crippen MR) is 143 cm³/mol. The van der Waals surface area contributed by atoms with E-state index in [1.54, 1.807) is 30.3 Å². The lowest BCUT2D eigenvalue weighted by Gasteiger charge is -2.16. The number of urea groups is 1. The van der Waals surface area contributed by atoms with Crippen molar-refractivity contribution in [2.75, 3.05) is 12.4 Å². The van der Waals surface area contributed by atoms with Crippen molar-refractivity contribution in [3.05, 3.63) is 104 Å². The zero-order valence-corrected chi connectivity index (χ0v) is 21.4. The first kappa shape index (κ1) is 26.4. The molecule has 36 heavy (non-hydrogen) atoms. The van der Waals surface area contributed by atoms with Crippen molar-refractivity contribution in [3.8, 4) is 11.5 Å². The van der Waals surface area contributed by atoms with E-state index < -0.39 is 11.0 Å². The zero-order valence-electron chi connectivity index (χ0n) is 19.8. The number of nitrogens with zero attached hydrogens (tertiary/aromatic N) is 2. The van der Waals surface area contributed by atoms with Crippen molar-refractivity contribution in [1.82, 2.24) is 5.43 Å². The Labute approximate surface area is 217 Å². The van der Waals surface area contributed by atoms with E-state index in [0.29, 0.717) is 29.2 Å². The van der Waals surface area contributed by atoms with Crippen molar-refractivity contribution in [2.45, 2.75) is 20.0 Å². The maximum absolute atomic E-state index is 12.2. The Morgan fingerprint density at radius 2 is 1.94 bits per heavy atom. The smallest absolute Gasteiger partial charge is 0.339 e. The third-order valence-corrected chi connectivity index (χ3v) is 5.95. The summed E-state index contributed by atoms with van der Waals surface area (Å²) < 4.78 is 12.5. The first-order valence-electron chi connectivity index (χ1n) is 10.8. The lowest BCUT2D eigenvalue weighted by Crippen LogP contribution is -2.24. The molecule has 2 N–H and O–H groups in total. The van der Waals surface area contributed by atoms with Crippen molar-refractivity contribution >= 4 is 39.6 Å². The van der Waals surface area contributed by atoms with Crippen LogP contribution in [0.3, 0.4) is 0 Å². The molecular weight excluding hydrogens is 528 g/mol. The molecule has 0 atom stereocenters. The Morgan fingerprint density at radius 1 is 1.19 bits per heavy atom. The monoisotopic (exact) mass is 552 g/mol. The van der Waals surface area contributed by atoms with Gasteiger partial charge >= 0.3 is 6.03 Å². The number of hydrogen-bond donors (Lipinski definition) is 2. The fraction of sp³-hybridized carbons (Fsp3) is 0.154. The van der Waals surface area contributed by atoms with Crippen LogP contribution in [0, 0.1) is 17.0 Å². The standard InChI is InChI=1S/C26H25BrN4O5/c1-4-5-20-13-19(15-28-30-26(32)29-21-8-11-23(27)17(2)12-21)14-24(35-3)25(20)36-16-18-6-9-22(10-7-18)31(33)34/h4,6-15H,1,5,16H2,2-3H3,(H2,29,30,32)/b28-15+. The second kappa shape index (κ2) is 12.5. The molecular formula is C26H25BrN4O5. The van der Waals surface area contributed by atoms with Crippen LogP contribution in [0.2, 0.25) is 0 Å². The van der Waals surface area contributed by atoms with E-state index in [2.05, 4.69) is 38.4 Å². The van der Waals surface area contributed by atoms with E-state index in [4.69, 9.17) is 9.47 Å². The second-order valence-electron chi connectivity index (χ2n) is 7.70. The van der Waals surface area contributed by atoms with Crippen molar-refractivity contribution in [2.24, 2.45) is 5.10 Å². The molecule has 0 aliphatic rings. The minimum absolute atomic E-state index is 0.0153. The summed E-state index contributed by atoms with van der Waals surface area (Å²) in [5.41, 5.74) is 6.37. The van der Waals surface area contributed by atoms with E-state index in [1.807, 2.05) is 25.1 Å². The molecule has 2 amide bonds. The lowest BCUT2D eigenvalue weighted by molar-refractivity contribution is -0.384. The van der Waals surface area contributed by atoms with Gasteiger partial charge in [0.25, 0.3) is 5.69 Å². The average molecular weight is 553 g/mol. The van der Waals surface area contributed by atoms with Crippen LogP contribution in [0.4, 0.5) is 16.2 Å². The molecule has 0 aliphatic carbocycles. The number of hydrogen-bond acceptors (Lipinski definition) is 6. The summed E-state index contributed by atoms with van der Waals surface area (Å²) in [6.45, 7) is 5.93. The molecule has 10 heteroatoms. The van der Waals surface area contributed by atoms with Crippen LogP contribution in [-0.2, 0) is 13.0 Å². The summed E-state index contributed by atoms with van der Waals surface area (Å²) in [5.74, 6) is 1.01. The maximum atomic E-state index is 12.2. The van der Waals surface area contributed by atoms with Crippen molar-refractivity contribution < 1.29 is 19.2 Å². The predicted octanol–water partition coefficient (Wildman–Crippen LogP) is 6.14. The molecule has 0 radical (unpaired) electrons. The normalized spacial score (nSPS) is 10.6. The Morgan fingerprint density at radius 3 is 2.58 bits per heavy atom. The Balaban J connectivity index is 1.70. The highest BCUT2D eigenvalue weighted by Crippen LogP contribution is 2.34. The first-order valence-corrected chi connectivity index (χ1v) is 11.6. The molecule has 0 unspecified atom stereocenters. The number of methoxy groups -OCH3 is 1. The Hall–Kier alpha value is -4.18. The van der Waals surface area contributed by atoms with Crippen LogP contribution in [0.25, 0.3) is 0 Å². The van der Waals surface area contributed by atoms with E-state index in [0.717, 1.165) is 21.2 Å². The van der Waals surface area contributed by atoms with Gasteiger partial charge in [-0.3, -0.25) is 10.1 Å². The molecule has 0 saturated heterocycles. The van der Waals surface area contributed by atoms with Crippen LogP contribution in [-0.4, -0.2) is 24.3 Å². The van der Waals surface area contributed by atoms with Crippen LogP contribution in [0.1, 0.15) is 22.3 Å². The van der Waals surface area contributed by atoms with Gasteiger partial charge in [0.05, 0.1) is 18.2 Å². The van der Waals surface area contributed by atoms with Crippen LogP contribution in [0.5, 0.6) is 11.5 Å². The van der Waals surface area contributed by atoms with Gasteiger partial charge in [0.15, 0.2) is 11.5 Å². The highest BCUT2D eigenvalue weighted by molar-refractivity contribution is 9.10. The van der Waals surface area contributed by atoms with Gasteiger partial charge < -0.3 is 14.8 Å². The summed E-state index contributed by atoms with van der Waals surface area (Å²) in [6, 6.07) is 14.7. The average Bonchev–Trinajstić information content (AvgIpc) is 2.85. The molecule has 3 aromatic rings. The summed E-state index contributed by atoms with van der Waals surface area (Å²) >= 11 is 3.43. The van der Waals surface area contributed by atoms with Crippen LogP contribution >= 0.6 is 15.9 Å². The molecule has 0 aromatic heterocycles. The molecule has 9 nitrogen and oxygen atoms in total. The Bertz CT molecular complexity index is 1290. The number of amides is 2. The van der Waals surface area contributed by atoms with E-state index in [-0.39, 0.29) is 12.3 Å². The molecule has 3 aromatic carbocycles. The molecule has 0 spiro atoms. The molecule has 0 saturated carbocycles. The van der Waals surface area contributed by atoms with Gasteiger partial charge in [0.2, 0.25) is 0 Å². The number of allylic oxidation sites excluding steroid dienone is 1. The minimum Gasteiger partial charge on any atom is -0.493 e. The zero-order chi connectivity index (χ0) is 26.1. The minimum atomic E-state index is -0.477. The third-order valence-electron chi connectivity index (χ3n) is 5.06. The molecule has 3 rings (SSSR count). The van der Waals surface area contributed by atoms with Gasteiger partial charge in [-0.25, -0.2) is 10.2 Å². The number of hydrazone groups is 1. The molecule has 0 fully saturated rings. The van der Waals surface area contributed by atoms with Crippen molar-refractivity contribution in [1.29, 1.82) is 0 Å². The highest BCUT2D eigenvalue weighted by atomic mass is 79.9. The van der Waals surface area contributed by atoms with Gasteiger partial charge in [-0.05, 0) is 72.5 Å². The number of carbonyl (C=O) groups excluding carboxylic acids is 1. The Kier molecular flexibility index (Phi) is 9.18. The fourth-order valence-corrected chi connectivity index (χ4v) is 3.54. The molecule has 0 aliphatic heterocycles. The van der Waals surface area contributed by atoms with E-state index in [1.165, 1.54) is 25.5 Å². The van der Waals surface area contributed by atoms with Gasteiger partial charge in [-0.1, -0.05) is 22.0 Å². The number of ether oxygens (including phenoxy) is 2. The fourth-order valence-electron chi connectivity index (χ4n) is 3.30. The van der Waals surface area contributed by atoms with E-state index in [9.17, 15) is 14.9 Å². The third kappa shape index (κ3) is 7.16. The van der Waals surface area contributed by atoms with E-state index >= 15 is 0 Å². The number of non-ortho nitro benzene ring substituents is 1. The number of rotatable bonds is 10. The number of carbonyl (C=O) groups is 1. The van der Waals surface area contributed by atoms with Crippen molar-refractivity contribution in [3.63, 3.8) is 0 Å². The van der Waals surface area contributed by atoms with Crippen LogP contribution < -0.4 is 20.2 Å². The first-order chi connectivity index (χ1) is 17.3. The number of nitrogens with one attached hydrogen (secondary N) is 2. The largest absolute Gasteiger partial charge is 0.493 e. The van der Waals surface area contributed by atoms with Gasteiger partial charge in [0.1, 0.15) is 6.61 Å².